The smallest absolute Gasteiger partial charge is 0.276 e. The molecular formula is C17H16ClN3O4S. The van der Waals surface area contributed by atoms with Gasteiger partial charge < -0.3 is 9.47 Å². The average molecular weight is 394 g/mol. The van der Waals surface area contributed by atoms with Crippen LogP contribution in [0.2, 0.25) is 5.02 Å². The van der Waals surface area contributed by atoms with Gasteiger partial charge in [-0.2, -0.15) is 0 Å². The van der Waals surface area contributed by atoms with Gasteiger partial charge in [0.1, 0.15) is 11.5 Å². The van der Waals surface area contributed by atoms with Crippen molar-refractivity contribution in [3.05, 3.63) is 59.6 Å². The molecule has 0 bridgehead atoms. The molecule has 2 amide bonds. The minimum Gasteiger partial charge on any atom is -0.484 e. The minimum absolute atomic E-state index is 0.0634. The summed E-state index contributed by atoms with van der Waals surface area (Å²) in [6, 6.07) is 15.5. The molecule has 0 saturated heterocycles. The predicted molar refractivity (Wildman–Crippen MR) is 101 cm³/mol. The van der Waals surface area contributed by atoms with Crippen molar-refractivity contribution < 1.29 is 19.1 Å². The first kappa shape index (κ1) is 19.5. The first-order valence-electron chi connectivity index (χ1n) is 7.48. The van der Waals surface area contributed by atoms with E-state index in [0.717, 1.165) is 0 Å². The molecule has 0 unspecified atom stereocenters. The number of thiocarbonyl (C=S) groups is 1. The van der Waals surface area contributed by atoms with Crippen LogP contribution in [0.3, 0.4) is 0 Å². The van der Waals surface area contributed by atoms with Crippen molar-refractivity contribution in [1.82, 2.24) is 16.2 Å². The van der Waals surface area contributed by atoms with Crippen molar-refractivity contribution in [2.75, 3.05) is 13.2 Å². The number of carbonyl (C=O) groups is 2. The summed E-state index contributed by atoms with van der Waals surface area (Å²) < 4.78 is 10.5. The topological polar surface area (TPSA) is 88.7 Å². The van der Waals surface area contributed by atoms with E-state index in [-0.39, 0.29) is 18.3 Å². The van der Waals surface area contributed by atoms with Crippen LogP contribution in [-0.4, -0.2) is 30.1 Å². The molecule has 0 saturated carbocycles. The molecule has 0 aliphatic carbocycles. The molecular weight excluding hydrogens is 378 g/mol. The number of hydrogen-bond donors (Lipinski definition) is 3. The molecule has 0 atom stereocenters. The lowest BCUT2D eigenvalue weighted by molar-refractivity contribution is -0.124. The van der Waals surface area contributed by atoms with E-state index in [4.69, 9.17) is 33.3 Å². The number of amides is 2. The van der Waals surface area contributed by atoms with Crippen molar-refractivity contribution in [3.8, 4) is 11.5 Å². The van der Waals surface area contributed by atoms with Crippen molar-refractivity contribution in [3.63, 3.8) is 0 Å². The van der Waals surface area contributed by atoms with E-state index in [1.165, 1.54) is 0 Å². The second-order valence-corrected chi connectivity index (χ2v) is 5.74. The number of carbonyl (C=O) groups excluding carboxylic acids is 2. The Hall–Kier alpha value is -2.84. The van der Waals surface area contributed by atoms with Crippen molar-refractivity contribution in [1.29, 1.82) is 0 Å². The molecule has 2 aromatic carbocycles. The summed E-state index contributed by atoms with van der Waals surface area (Å²) in [7, 11) is 0. The number of nitrogens with one attached hydrogen (secondary N) is 3. The van der Waals surface area contributed by atoms with Gasteiger partial charge in [-0.3, -0.25) is 25.8 Å². The van der Waals surface area contributed by atoms with Crippen LogP contribution in [-0.2, 0) is 9.59 Å². The molecule has 0 fully saturated rings. The summed E-state index contributed by atoms with van der Waals surface area (Å²) in [5.74, 6) is 0.128. The summed E-state index contributed by atoms with van der Waals surface area (Å²) in [5, 5.41) is 2.88. The van der Waals surface area contributed by atoms with Crippen LogP contribution in [0, 0.1) is 0 Å². The maximum atomic E-state index is 11.7. The highest BCUT2D eigenvalue weighted by Crippen LogP contribution is 2.15. The summed E-state index contributed by atoms with van der Waals surface area (Å²) >= 11 is 10.7. The van der Waals surface area contributed by atoms with Crippen LogP contribution in [0.1, 0.15) is 0 Å². The lowest BCUT2D eigenvalue weighted by Gasteiger charge is -2.12. The van der Waals surface area contributed by atoms with Crippen LogP contribution in [0.4, 0.5) is 0 Å². The van der Waals surface area contributed by atoms with Gasteiger partial charge in [0.15, 0.2) is 18.3 Å². The zero-order valence-corrected chi connectivity index (χ0v) is 15.1. The highest BCUT2D eigenvalue weighted by atomic mass is 35.5. The second-order valence-electron chi connectivity index (χ2n) is 4.89. The molecule has 3 N–H and O–H groups in total. The molecule has 0 aromatic heterocycles. The highest BCUT2D eigenvalue weighted by molar-refractivity contribution is 7.80. The largest absolute Gasteiger partial charge is 0.484 e. The standard InChI is InChI=1S/C17H16ClN3O4S/c18-12-6-8-14(9-7-12)25-11-16(23)20-21-17(26)19-15(22)10-24-13-4-2-1-3-5-13/h1-9H,10-11H2,(H,20,23)(H2,19,21,22,26). The molecule has 2 aromatic rings. The lowest BCUT2D eigenvalue weighted by atomic mass is 10.3. The molecule has 0 heterocycles. The quantitative estimate of drug-likeness (QED) is 0.512. The van der Waals surface area contributed by atoms with E-state index in [0.29, 0.717) is 16.5 Å². The fraction of sp³-hybridized carbons (Fsp3) is 0.118. The fourth-order valence-electron chi connectivity index (χ4n) is 1.70. The van der Waals surface area contributed by atoms with Gasteiger partial charge in [-0.15, -0.1) is 0 Å². The first-order valence-corrected chi connectivity index (χ1v) is 8.26. The van der Waals surface area contributed by atoms with Crippen molar-refractivity contribution in [2.45, 2.75) is 0 Å². The van der Waals surface area contributed by atoms with Gasteiger partial charge in [-0.05, 0) is 48.6 Å². The Morgan fingerprint density at radius 3 is 2.08 bits per heavy atom. The summed E-state index contributed by atoms with van der Waals surface area (Å²) in [6.07, 6.45) is 0. The number of hydrogen-bond acceptors (Lipinski definition) is 5. The SMILES string of the molecule is O=C(COc1ccc(Cl)cc1)NNC(=S)NC(=O)COc1ccccc1. The van der Waals surface area contributed by atoms with Crippen LogP contribution >= 0.6 is 23.8 Å². The summed E-state index contributed by atoms with van der Waals surface area (Å²) in [6.45, 7) is -0.443. The van der Waals surface area contributed by atoms with E-state index in [9.17, 15) is 9.59 Å². The normalized spacial score (nSPS) is 9.73. The number of para-hydroxylation sites is 1. The van der Waals surface area contributed by atoms with Gasteiger partial charge in [-0.1, -0.05) is 29.8 Å². The van der Waals surface area contributed by atoms with Gasteiger partial charge >= 0.3 is 0 Å². The van der Waals surface area contributed by atoms with Gasteiger partial charge in [-0.25, -0.2) is 0 Å². The molecule has 7 nitrogen and oxygen atoms in total. The molecule has 26 heavy (non-hydrogen) atoms. The Morgan fingerprint density at radius 2 is 1.42 bits per heavy atom. The summed E-state index contributed by atoms with van der Waals surface area (Å²) in [5.41, 5.74) is 4.71. The number of ether oxygens (including phenoxy) is 2. The third kappa shape index (κ3) is 7.37. The van der Waals surface area contributed by atoms with Crippen molar-refractivity contribution >= 4 is 40.7 Å². The third-order valence-electron chi connectivity index (χ3n) is 2.87. The van der Waals surface area contributed by atoms with Crippen molar-refractivity contribution in [2.24, 2.45) is 0 Å². The second kappa shape index (κ2) is 10.2. The minimum atomic E-state index is -0.475. The summed E-state index contributed by atoms with van der Waals surface area (Å²) in [4.78, 5) is 23.4. The zero-order valence-electron chi connectivity index (χ0n) is 13.5. The molecule has 0 aliphatic heterocycles. The van der Waals surface area contributed by atoms with E-state index >= 15 is 0 Å². The van der Waals surface area contributed by atoms with Crippen LogP contribution < -0.4 is 25.6 Å². The molecule has 9 heteroatoms. The molecule has 0 aliphatic rings. The molecule has 2 rings (SSSR count). The average Bonchev–Trinajstić information content (AvgIpc) is 2.65. The maximum Gasteiger partial charge on any atom is 0.276 e. The Labute approximate surface area is 160 Å². The Balaban J connectivity index is 1.62. The van der Waals surface area contributed by atoms with Gasteiger partial charge in [0.2, 0.25) is 0 Å². The monoisotopic (exact) mass is 393 g/mol. The molecule has 136 valence electrons. The third-order valence-corrected chi connectivity index (χ3v) is 3.32. The van der Waals surface area contributed by atoms with E-state index in [1.807, 2.05) is 6.07 Å². The number of halogens is 1. The van der Waals surface area contributed by atoms with Gasteiger partial charge in [0, 0.05) is 5.02 Å². The van der Waals surface area contributed by atoms with Gasteiger partial charge in [0.25, 0.3) is 11.8 Å². The molecule has 0 radical (unpaired) electrons. The highest BCUT2D eigenvalue weighted by Gasteiger charge is 2.07. The van der Waals surface area contributed by atoms with Crippen LogP contribution in [0.15, 0.2) is 54.6 Å². The Kier molecular flexibility index (Phi) is 7.66. The van der Waals surface area contributed by atoms with E-state index in [1.54, 1.807) is 48.5 Å². The Morgan fingerprint density at radius 1 is 0.846 bits per heavy atom. The lowest BCUT2D eigenvalue weighted by Crippen LogP contribution is -2.50. The fourth-order valence-corrected chi connectivity index (χ4v) is 1.99. The number of benzene rings is 2. The van der Waals surface area contributed by atoms with Crippen LogP contribution in [0.25, 0.3) is 0 Å². The number of rotatable bonds is 6. The van der Waals surface area contributed by atoms with Gasteiger partial charge in [0.05, 0.1) is 0 Å². The van der Waals surface area contributed by atoms with Crippen LogP contribution in [0.5, 0.6) is 11.5 Å². The van der Waals surface area contributed by atoms with E-state index < -0.39 is 11.8 Å². The molecule has 0 spiro atoms. The number of hydrazine groups is 1. The predicted octanol–water partition coefficient (Wildman–Crippen LogP) is 1.82. The maximum absolute atomic E-state index is 11.7. The Bertz CT molecular complexity index is 756. The van der Waals surface area contributed by atoms with E-state index in [2.05, 4.69) is 16.2 Å². The first-order chi connectivity index (χ1) is 12.5. The zero-order chi connectivity index (χ0) is 18.8.